The molecular weight excluding hydrogens is 222 g/mol. The van der Waals surface area contributed by atoms with Gasteiger partial charge in [-0.05, 0) is 20.8 Å². The normalized spacial score (nSPS) is 25.8. The number of hydrogen-bond acceptors (Lipinski definition) is 5. The predicted molar refractivity (Wildman–Crippen MR) is 62.5 cm³/mol. The van der Waals surface area contributed by atoms with Gasteiger partial charge in [0.1, 0.15) is 11.2 Å². The summed E-state index contributed by atoms with van der Waals surface area (Å²) >= 11 is 0. The molecule has 1 amide bonds. The highest BCUT2D eigenvalue weighted by Gasteiger charge is 2.59. The fraction of sp³-hybridized carbons (Fsp3) is 0.909. The van der Waals surface area contributed by atoms with Gasteiger partial charge in [-0.2, -0.15) is 0 Å². The second-order valence-corrected chi connectivity index (χ2v) is 6.13. The van der Waals surface area contributed by atoms with Gasteiger partial charge >= 0.3 is 6.09 Å². The van der Waals surface area contributed by atoms with Crippen molar-refractivity contribution in [2.45, 2.75) is 37.5 Å². The van der Waals surface area contributed by atoms with Crippen molar-refractivity contribution >= 4 is 6.09 Å². The first-order valence-electron chi connectivity index (χ1n) is 5.85. The number of hydrogen-bond donors (Lipinski definition) is 3. The van der Waals surface area contributed by atoms with E-state index in [1.807, 2.05) is 20.8 Å². The minimum absolute atomic E-state index is 0.347. The van der Waals surface area contributed by atoms with Crippen molar-refractivity contribution in [2.24, 2.45) is 5.73 Å². The van der Waals surface area contributed by atoms with E-state index in [-0.39, 0.29) is 6.09 Å². The summed E-state index contributed by atoms with van der Waals surface area (Å²) in [5, 5.41) is 13.1. The summed E-state index contributed by atoms with van der Waals surface area (Å²) < 4.78 is 5.23. The topological polar surface area (TPSA) is 87.8 Å². The molecule has 0 aliphatic carbocycles. The molecule has 6 nitrogen and oxygen atoms in total. The fourth-order valence-electron chi connectivity index (χ4n) is 2.10. The molecule has 0 bridgehead atoms. The first-order valence-corrected chi connectivity index (χ1v) is 5.85. The lowest BCUT2D eigenvalue weighted by molar-refractivity contribution is -0.130. The Morgan fingerprint density at radius 1 is 1.41 bits per heavy atom. The maximum atomic E-state index is 11.7. The molecule has 0 aromatic heterocycles. The number of aliphatic hydroxyl groups is 1. The molecule has 0 aromatic carbocycles. The highest BCUT2D eigenvalue weighted by molar-refractivity contribution is 5.70. The Hall–Kier alpha value is -0.850. The first-order chi connectivity index (χ1) is 7.65. The predicted octanol–water partition coefficient (Wildman–Crippen LogP) is -0.731. The Labute approximate surface area is 101 Å². The van der Waals surface area contributed by atoms with Gasteiger partial charge in [-0.25, -0.2) is 4.79 Å². The van der Waals surface area contributed by atoms with E-state index in [1.165, 1.54) is 4.90 Å². The van der Waals surface area contributed by atoms with Gasteiger partial charge < -0.3 is 25.8 Å². The molecule has 98 valence electrons. The fourth-order valence-corrected chi connectivity index (χ4v) is 2.10. The number of carbonyl (C=O) groups is 1. The van der Waals surface area contributed by atoms with E-state index in [9.17, 15) is 9.90 Å². The molecule has 2 aliphatic heterocycles. The number of ether oxygens (including phenoxy) is 1. The minimum atomic E-state index is -0.883. The largest absolute Gasteiger partial charge is 0.444 e. The van der Waals surface area contributed by atoms with E-state index >= 15 is 0 Å². The molecule has 0 aromatic rings. The maximum Gasteiger partial charge on any atom is 0.410 e. The molecule has 0 atom stereocenters. The van der Waals surface area contributed by atoms with Gasteiger partial charge in [0, 0.05) is 26.2 Å². The highest BCUT2D eigenvalue weighted by Crippen LogP contribution is 2.33. The number of nitrogens with two attached hydrogens (primary N) is 1. The molecule has 4 N–H and O–H groups in total. The summed E-state index contributed by atoms with van der Waals surface area (Å²) in [5.41, 5.74) is 4.01. The summed E-state index contributed by atoms with van der Waals surface area (Å²) in [7, 11) is 0. The molecule has 17 heavy (non-hydrogen) atoms. The van der Waals surface area contributed by atoms with Crippen molar-refractivity contribution in [3.8, 4) is 0 Å². The van der Waals surface area contributed by atoms with Crippen LogP contribution >= 0.6 is 0 Å². The number of β-amino-alcohol motifs (C(OH)–C–C–N with tert-alkyl or cyclic N) is 1. The highest BCUT2D eigenvalue weighted by atomic mass is 16.6. The van der Waals surface area contributed by atoms with Gasteiger partial charge in [0.2, 0.25) is 0 Å². The Kier molecular flexibility index (Phi) is 2.65. The van der Waals surface area contributed by atoms with Crippen LogP contribution in [-0.4, -0.2) is 59.0 Å². The SMILES string of the molecule is CC(C)(C)OC(=O)N1CC(N)(C2(O)CNC2)C1. The zero-order chi connectivity index (χ0) is 12.9. The van der Waals surface area contributed by atoms with Crippen LogP contribution in [-0.2, 0) is 4.74 Å². The lowest BCUT2D eigenvalue weighted by Gasteiger charge is -2.58. The average molecular weight is 243 g/mol. The molecular formula is C11H21N3O3. The van der Waals surface area contributed by atoms with Gasteiger partial charge in [-0.3, -0.25) is 0 Å². The quantitative estimate of drug-likeness (QED) is 0.565. The van der Waals surface area contributed by atoms with Crippen molar-refractivity contribution < 1.29 is 14.6 Å². The van der Waals surface area contributed by atoms with Crippen molar-refractivity contribution in [3.63, 3.8) is 0 Å². The Bertz CT molecular complexity index is 327. The van der Waals surface area contributed by atoms with Crippen LogP contribution in [0.4, 0.5) is 4.79 Å². The Morgan fingerprint density at radius 2 is 1.94 bits per heavy atom. The number of carbonyl (C=O) groups excluding carboxylic acids is 1. The van der Waals surface area contributed by atoms with Gasteiger partial charge in [-0.1, -0.05) is 0 Å². The Balaban J connectivity index is 1.88. The summed E-state index contributed by atoms with van der Waals surface area (Å²) in [6.45, 7) is 7.15. The van der Waals surface area contributed by atoms with Crippen LogP contribution in [0.2, 0.25) is 0 Å². The van der Waals surface area contributed by atoms with E-state index < -0.39 is 16.7 Å². The minimum Gasteiger partial charge on any atom is -0.444 e. The van der Waals surface area contributed by atoms with E-state index in [0.717, 1.165) is 0 Å². The van der Waals surface area contributed by atoms with Crippen molar-refractivity contribution in [2.75, 3.05) is 26.2 Å². The molecule has 0 radical (unpaired) electrons. The van der Waals surface area contributed by atoms with Crippen LogP contribution < -0.4 is 11.1 Å². The molecule has 6 heteroatoms. The maximum absolute atomic E-state index is 11.7. The molecule has 2 fully saturated rings. The smallest absolute Gasteiger partial charge is 0.410 e. The van der Waals surface area contributed by atoms with Crippen LogP contribution in [0, 0.1) is 0 Å². The molecule has 0 saturated carbocycles. The summed E-state index contributed by atoms with van der Waals surface area (Å²) in [6, 6.07) is 0. The van der Waals surface area contributed by atoms with Gasteiger partial charge in [0.05, 0.1) is 5.54 Å². The molecule has 2 aliphatic rings. The second kappa shape index (κ2) is 3.57. The van der Waals surface area contributed by atoms with Gasteiger partial charge in [0.15, 0.2) is 0 Å². The van der Waals surface area contributed by atoms with Crippen LogP contribution in [0.5, 0.6) is 0 Å². The van der Waals surface area contributed by atoms with Crippen molar-refractivity contribution in [3.05, 3.63) is 0 Å². The molecule has 2 heterocycles. The van der Waals surface area contributed by atoms with E-state index in [1.54, 1.807) is 0 Å². The van der Waals surface area contributed by atoms with Crippen LogP contribution in [0.25, 0.3) is 0 Å². The van der Waals surface area contributed by atoms with Gasteiger partial charge in [-0.15, -0.1) is 0 Å². The number of amides is 1. The van der Waals surface area contributed by atoms with Crippen LogP contribution in [0.1, 0.15) is 20.8 Å². The third-order valence-corrected chi connectivity index (χ3v) is 3.36. The standard InChI is InChI=1S/C11H21N3O3/c1-9(2,3)17-8(15)14-6-10(12,7-14)11(16)4-13-5-11/h13,16H,4-7,12H2,1-3H3. The number of likely N-dealkylation sites (tertiary alicyclic amines) is 1. The first kappa shape index (κ1) is 12.6. The molecule has 0 unspecified atom stereocenters. The molecule has 2 saturated heterocycles. The van der Waals surface area contributed by atoms with E-state index in [0.29, 0.717) is 26.2 Å². The zero-order valence-corrected chi connectivity index (χ0v) is 10.6. The Morgan fingerprint density at radius 3 is 2.29 bits per heavy atom. The molecule has 0 spiro atoms. The monoisotopic (exact) mass is 243 g/mol. The summed E-state index contributed by atoms with van der Waals surface area (Å²) in [4.78, 5) is 13.2. The number of nitrogens with one attached hydrogen (secondary N) is 1. The summed E-state index contributed by atoms with van der Waals surface area (Å²) in [6.07, 6.45) is -0.366. The molecule has 2 rings (SSSR count). The lowest BCUT2D eigenvalue weighted by atomic mass is 9.71. The third kappa shape index (κ3) is 2.12. The van der Waals surface area contributed by atoms with E-state index in [2.05, 4.69) is 5.32 Å². The van der Waals surface area contributed by atoms with Gasteiger partial charge in [0.25, 0.3) is 0 Å². The van der Waals surface area contributed by atoms with Crippen molar-refractivity contribution in [1.29, 1.82) is 0 Å². The van der Waals surface area contributed by atoms with E-state index in [4.69, 9.17) is 10.5 Å². The third-order valence-electron chi connectivity index (χ3n) is 3.36. The number of rotatable bonds is 1. The van der Waals surface area contributed by atoms with Crippen LogP contribution in [0.3, 0.4) is 0 Å². The zero-order valence-electron chi connectivity index (χ0n) is 10.6. The number of nitrogens with zero attached hydrogens (tertiary/aromatic N) is 1. The lowest BCUT2D eigenvalue weighted by Crippen LogP contribution is -2.86. The van der Waals surface area contributed by atoms with Crippen LogP contribution in [0.15, 0.2) is 0 Å². The second-order valence-electron chi connectivity index (χ2n) is 6.13. The van der Waals surface area contributed by atoms with Crippen molar-refractivity contribution in [1.82, 2.24) is 10.2 Å². The summed E-state index contributed by atoms with van der Waals surface area (Å²) in [5.74, 6) is 0. The average Bonchev–Trinajstić information content (AvgIpc) is 2.05.